The summed E-state index contributed by atoms with van der Waals surface area (Å²) in [4.78, 5) is 38.1. The third kappa shape index (κ3) is 4.70. The van der Waals surface area contributed by atoms with Gasteiger partial charge < -0.3 is 15.0 Å². The van der Waals surface area contributed by atoms with Gasteiger partial charge in [-0.3, -0.25) is 14.4 Å². The van der Waals surface area contributed by atoms with Crippen molar-refractivity contribution < 1.29 is 19.1 Å². The van der Waals surface area contributed by atoms with E-state index in [1.807, 2.05) is 30.3 Å². The van der Waals surface area contributed by atoms with Gasteiger partial charge >= 0.3 is 5.97 Å². The second kappa shape index (κ2) is 8.89. The molecule has 0 saturated carbocycles. The van der Waals surface area contributed by atoms with Crippen LogP contribution in [0.5, 0.6) is 0 Å². The molecule has 0 saturated heterocycles. The summed E-state index contributed by atoms with van der Waals surface area (Å²) < 4.78 is 4.73. The van der Waals surface area contributed by atoms with E-state index in [1.54, 1.807) is 23.1 Å². The first-order valence-electron chi connectivity index (χ1n) is 8.96. The van der Waals surface area contributed by atoms with Crippen molar-refractivity contribution in [2.24, 2.45) is 0 Å². The minimum atomic E-state index is -0.734. The number of amides is 1. The van der Waals surface area contributed by atoms with Gasteiger partial charge in [0.2, 0.25) is 5.91 Å². The lowest BCUT2D eigenvalue weighted by molar-refractivity contribution is -0.144. The first-order valence-corrected chi connectivity index (χ1v) is 9.34. The van der Waals surface area contributed by atoms with Crippen LogP contribution in [0.2, 0.25) is 0 Å². The molecule has 1 N–H and O–H groups in total. The van der Waals surface area contributed by atoms with Crippen LogP contribution in [0.4, 0.5) is 5.69 Å². The van der Waals surface area contributed by atoms with E-state index >= 15 is 0 Å². The standard InChI is InChI=1S/C21H21ClN2O4/c1-28-19(25)12-18-21(27)24(10-9-14-5-3-2-4-6-14)13-16-11-15(20(22)26)7-8-17(16)23-18/h2-8,11,18,23H,9-10,12-13H2,1H3. The van der Waals surface area contributed by atoms with E-state index in [9.17, 15) is 14.4 Å². The number of nitrogens with zero attached hydrogens (tertiary/aromatic N) is 1. The Kier molecular flexibility index (Phi) is 6.31. The number of fused-ring (bicyclic) bond motifs is 1. The molecule has 0 spiro atoms. The summed E-state index contributed by atoms with van der Waals surface area (Å²) in [6.45, 7) is 0.810. The molecular formula is C21H21ClN2O4. The molecule has 1 atom stereocenters. The van der Waals surface area contributed by atoms with Crippen LogP contribution in [0.25, 0.3) is 0 Å². The van der Waals surface area contributed by atoms with Crippen molar-refractivity contribution in [1.29, 1.82) is 0 Å². The smallest absolute Gasteiger partial charge is 0.308 e. The van der Waals surface area contributed by atoms with E-state index in [0.717, 1.165) is 11.1 Å². The van der Waals surface area contributed by atoms with Crippen LogP contribution >= 0.6 is 11.6 Å². The molecule has 2 aromatic carbocycles. The summed E-state index contributed by atoms with van der Waals surface area (Å²) in [5.41, 5.74) is 2.96. The Bertz CT molecular complexity index is 885. The third-order valence-corrected chi connectivity index (χ3v) is 4.96. The van der Waals surface area contributed by atoms with Crippen LogP contribution < -0.4 is 5.32 Å². The number of benzene rings is 2. The molecule has 3 rings (SSSR count). The number of anilines is 1. The summed E-state index contributed by atoms with van der Waals surface area (Å²) in [5, 5.41) is 2.57. The Morgan fingerprint density at radius 2 is 1.96 bits per heavy atom. The number of nitrogens with one attached hydrogen (secondary N) is 1. The molecule has 28 heavy (non-hydrogen) atoms. The Morgan fingerprint density at radius 3 is 2.64 bits per heavy atom. The third-order valence-electron chi connectivity index (χ3n) is 4.74. The van der Waals surface area contributed by atoms with Gasteiger partial charge in [-0.25, -0.2) is 0 Å². The van der Waals surface area contributed by atoms with E-state index in [0.29, 0.717) is 30.8 Å². The topological polar surface area (TPSA) is 75.7 Å². The summed E-state index contributed by atoms with van der Waals surface area (Å²) in [5.74, 6) is -0.652. The monoisotopic (exact) mass is 400 g/mol. The minimum Gasteiger partial charge on any atom is -0.469 e. The van der Waals surface area contributed by atoms with Crippen LogP contribution in [0.1, 0.15) is 27.9 Å². The second-order valence-electron chi connectivity index (χ2n) is 6.62. The molecule has 146 valence electrons. The zero-order chi connectivity index (χ0) is 20.1. The number of hydrogen-bond donors (Lipinski definition) is 1. The molecular weight excluding hydrogens is 380 g/mol. The van der Waals surface area contributed by atoms with Crippen LogP contribution in [-0.4, -0.2) is 41.7 Å². The Morgan fingerprint density at radius 1 is 1.21 bits per heavy atom. The van der Waals surface area contributed by atoms with E-state index < -0.39 is 17.3 Å². The maximum Gasteiger partial charge on any atom is 0.308 e. The largest absolute Gasteiger partial charge is 0.469 e. The van der Waals surface area contributed by atoms with Crippen LogP contribution in [0.3, 0.4) is 0 Å². The molecule has 0 aromatic heterocycles. The van der Waals surface area contributed by atoms with Gasteiger partial charge in [0.1, 0.15) is 6.04 Å². The lowest BCUT2D eigenvalue weighted by Crippen LogP contribution is -2.42. The Hall–Kier alpha value is -2.86. The number of carbonyl (C=O) groups excluding carboxylic acids is 3. The zero-order valence-electron chi connectivity index (χ0n) is 15.5. The second-order valence-corrected chi connectivity index (χ2v) is 6.96. The lowest BCUT2D eigenvalue weighted by Gasteiger charge is -2.24. The number of methoxy groups -OCH3 is 1. The van der Waals surface area contributed by atoms with Gasteiger partial charge in [-0.15, -0.1) is 0 Å². The predicted octanol–water partition coefficient (Wildman–Crippen LogP) is 2.99. The van der Waals surface area contributed by atoms with E-state index in [2.05, 4.69) is 5.32 Å². The minimum absolute atomic E-state index is 0.0766. The highest BCUT2D eigenvalue weighted by atomic mass is 35.5. The zero-order valence-corrected chi connectivity index (χ0v) is 16.2. The molecule has 1 unspecified atom stereocenters. The quantitative estimate of drug-likeness (QED) is 0.596. The molecule has 1 aliphatic heterocycles. The number of hydrogen-bond acceptors (Lipinski definition) is 5. The van der Waals surface area contributed by atoms with Gasteiger partial charge in [0.05, 0.1) is 13.5 Å². The van der Waals surface area contributed by atoms with Crippen molar-refractivity contribution in [3.8, 4) is 0 Å². The Balaban J connectivity index is 1.88. The summed E-state index contributed by atoms with van der Waals surface area (Å²) >= 11 is 5.61. The fourth-order valence-electron chi connectivity index (χ4n) is 3.23. The van der Waals surface area contributed by atoms with Crippen molar-refractivity contribution in [3.05, 3.63) is 65.2 Å². The van der Waals surface area contributed by atoms with Gasteiger partial charge in [-0.2, -0.15) is 0 Å². The van der Waals surface area contributed by atoms with E-state index in [4.69, 9.17) is 16.3 Å². The lowest BCUT2D eigenvalue weighted by atomic mass is 10.1. The molecule has 2 aromatic rings. The van der Waals surface area contributed by atoms with Crippen molar-refractivity contribution >= 4 is 34.4 Å². The maximum atomic E-state index is 13.1. The fraction of sp³-hybridized carbons (Fsp3) is 0.286. The average Bonchev–Trinajstić information content (AvgIpc) is 2.83. The summed E-state index contributed by atoms with van der Waals surface area (Å²) in [6.07, 6.45) is 0.605. The first kappa shape index (κ1) is 19.9. The highest BCUT2D eigenvalue weighted by molar-refractivity contribution is 6.67. The molecule has 0 aliphatic carbocycles. The SMILES string of the molecule is COC(=O)CC1Nc2ccc(C(=O)Cl)cc2CN(CCc2ccccc2)C1=O. The van der Waals surface area contributed by atoms with Crippen molar-refractivity contribution in [2.45, 2.75) is 25.4 Å². The highest BCUT2D eigenvalue weighted by Gasteiger charge is 2.31. The van der Waals surface area contributed by atoms with E-state index in [-0.39, 0.29) is 12.3 Å². The van der Waals surface area contributed by atoms with Gasteiger partial charge in [0.15, 0.2) is 0 Å². The summed E-state index contributed by atoms with van der Waals surface area (Å²) in [6, 6.07) is 14.1. The summed E-state index contributed by atoms with van der Waals surface area (Å²) in [7, 11) is 1.29. The van der Waals surface area contributed by atoms with Crippen LogP contribution in [0.15, 0.2) is 48.5 Å². The first-order chi connectivity index (χ1) is 13.5. The molecule has 0 radical (unpaired) electrons. The Labute approximate surface area is 168 Å². The van der Waals surface area contributed by atoms with Crippen molar-refractivity contribution in [3.63, 3.8) is 0 Å². The molecule has 0 fully saturated rings. The fourth-order valence-corrected chi connectivity index (χ4v) is 3.34. The molecule has 7 heteroatoms. The van der Waals surface area contributed by atoms with Gasteiger partial charge in [-0.1, -0.05) is 30.3 Å². The van der Waals surface area contributed by atoms with Gasteiger partial charge in [-0.05, 0) is 47.3 Å². The van der Waals surface area contributed by atoms with Crippen LogP contribution in [-0.2, 0) is 27.3 Å². The number of carbonyl (C=O) groups is 3. The maximum absolute atomic E-state index is 13.1. The average molecular weight is 401 g/mol. The van der Waals surface area contributed by atoms with Crippen molar-refractivity contribution in [1.82, 2.24) is 4.90 Å². The van der Waals surface area contributed by atoms with Crippen LogP contribution in [0, 0.1) is 0 Å². The van der Waals surface area contributed by atoms with Gasteiger partial charge in [0.25, 0.3) is 5.24 Å². The molecule has 1 aliphatic rings. The number of rotatable bonds is 6. The van der Waals surface area contributed by atoms with Gasteiger partial charge in [0, 0.05) is 24.3 Å². The molecule has 1 amide bonds. The number of esters is 1. The molecule has 1 heterocycles. The number of ether oxygens (including phenoxy) is 1. The molecule has 6 nitrogen and oxygen atoms in total. The normalized spacial score (nSPS) is 16.0. The number of halogens is 1. The highest BCUT2D eigenvalue weighted by Crippen LogP contribution is 2.26. The molecule has 0 bridgehead atoms. The predicted molar refractivity (Wildman–Crippen MR) is 106 cm³/mol. The van der Waals surface area contributed by atoms with Crippen molar-refractivity contribution in [2.75, 3.05) is 19.0 Å². The van der Waals surface area contributed by atoms with E-state index in [1.165, 1.54) is 7.11 Å².